The van der Waals surface area contributed by atoms with Crippen LogP contribution in [0.3, 0.4) is 0 Å². The molecule has 2 fully saturated rings. The molecule has 2 aliphatic rings. The van der Waals surface area contributed by atoms with Crippen LogP contribution in [0, 0.1) is 11.3 Å². The summed E-state index contributed by atoms with van der Waals surface area (Å²) in [6.07, 6.45) is 6.88. The van der Waals surface area contributed by atoms with Gasteiger partial charge in [0.2, 0.25) is 0 Å². The fourth-order valence-corrected chi connectivity index (χ4v) is 2.80. The van der Waals surface area contributed by atoms with Crippen molar-refractivity contribution in [3.8, 4) is 0 Å². The molecular formula is C15H21N3O2. The number of hydrogen-bond donors (Lipinski definition) is 2. The number of urea groups is 1. The van der Waals surface area contributed by atoms with Crippen LogP contribution in [-0.4, -0.2) is 24.7 Å². The largest absolute Gasteiger partial charge is 0.380 e. The van der Waals surface area contributed by atoms with E-state index in [9.17, 15) is 4.79 Å². The van der Waals surface area contributed by atoms with Crippen LogP contribution >= 0.6 is 0 Å². The van der Waals surface area contributed by atoms with Gasteiger partial charge in [0, 0.05) is 19.9 Å². The third-order valence-corrected chi connectivity index (χ3v) is 4.31. The predicted molar refractivity (Wildman–Crippen MR) is 76.4 cm³/mol. The van der Waals surface area contributed by atoms with Gasteiger partial charge in [0.05, 0.1) is 6.61 Å². The van der Waals surface area contributed by atoms with Crippen LogP contribution in [0.4, 0.5) is 10.6 Å². The van der Waals surface area contributed by atoms with Gasteiger partial charge in [-0.1, -0.05) is 0 Å². The topological polar surface area (TPSA) is 63.2 Å². The highest BCUT2D eigenvalue weighted by Crippen LogP contribution is 2.60. The van der Waals surface area contributed by atoms with E-state index in [1.807, 2.05) is 12.1 Å². The molecule has 108 valence electrons. The number of hydrogen-bond acceptors (Lipinski definition) is 3. The first-order valence-corrected chi connectivity index (χ1v) is 7.21. The molecule has 2 aliphatic carbocycles. The zero-order valence-corrected chi connectivity index (χ0v) is 11.8. The average Bonchev–Trinajstić information content (AvgIpc) is 3.29. The van der Waals surface area contributed by atoms with Crippen molar-refractivity contribution in [2.24, 2.45) is 11.3 Å². The molecule has 0 aromatic carbocycles. The van der Waals surface area contributed by atoms with Crippen molar-refractivity contribution < 1.29 is 9.53 Å². The Bertz CT molecular complexity index is 496. The number of ether oxygens (including phenoxy) is 1. The van der Waals surface area contributed by atoms with E-state index in [0.717, 1.165) is 18.0 Å². The molecule has 0 bridgehead atoms. The first-order chi connectivity index (χ1) is 9.72. The van der Waals surface area contributed by atoms with Crippen LogP contribution in [0.2, 0.25) is 0 Å². The smallest absolute Gasteiger partial charge is 0.320 e. The van der Waals surface area contributed by atoms with E-state index in [2.05, 4.69) is 15.6 Å². The summed E-state index contributed by atoms with van der Waals surface area (Å²) in [7, 11) is 1.65. The molecule has 0 aliphatic heterocycles. The molecule has 3 rings (SSSR count). The Balaban J connectivity index is 1.49. The molecule has 0 radical (unpaired) electrons. The summed E-state index contributed by atoms with van der Waals surface area (Å²) in [4.78, 5) is 16.0. The van der Waals surface area contributed by atoms with Crippen LogP contribution in [-0.2, 0) is 11.3 Å². The third-order valence-electron chi connectivity index (χ3n) is 4.31. The number of nitrogens with one attached hydrogen (secondary N) is 2. The average molecular weight is 275 g/mol. The summed E-state index contributed by atoms with van der Waals surface area (Å²) in [6.45, 7) is 1.31. The van der Waals surface area contributed by atoms with Crippen molar-refractivity contribution in [1.29, 1.82) is 0 Å². The Kier molecular flexibility index (Phi) is 3.61. The molecule has 5 heteroatoms. The Morgan fingerprint density at radius 1 is 1.50 bits per heavy atom. The molecule has 2 amide bonds. The lowest BCUT2D eigenvalue weighted by atomic mass is 10.0. The number of methoxy groups -OCH3 is 1. The molecule has 1 heterocycles. The van der Waals surface area contributed by atoms with Crippen LogP contribution < -0.4 is 10.6 Å². The van der Waals surface area contributed by atoms with E-state index < -0.39 is 0 Å². The summed E-state index contributed by atoms with van der Waals surface area (Å²) in [6, 6.07) is 3.54. The lowest BCUT2D eigenvalue weighted by molar-refractivity contribution is 0.185. The minimum atomic E-state index is -0.168. The Labute approximate surface area is 119 Å². The molecule has 0 spiro atoms. The molecule has 1 aromatic heterocycles. The summed E-state index contributed by atoms with van der Waals surface area (Å²) < 4.78 is 5.07. The van der Waals surface area contributed by atoms with Crippen LogP contribution in [0.5, 0.6) is 0 Å². The van der Waals surface area contributed by atoms with E-state index in [1.165, 1.54) is 25.7 Å². The molecule has 0 atom stereocenters. The van der Waals surface area contributed by atoms with E-state index in [-0.39, 0.29) is 6.03 Å². The minimum Gasteiger partial charge on any atom is -0.380 e. The van der Waals surface area contributed by atoms with Crippen LogP contribution in [0.1, 0.15) is 31.2 Å². The Morgan fingerprint density at radius 3 is 2.95 bits per heavy atom. The molecule has 0 unspecified atom stereocenters. The van der Waals surface area contributed by atoms with E-state index in [0.29, 0.717) is 17.8 Å². The predicted octanol–water partition coefficient (Wildman–Crippen LogP) is 2.54. The number of rotatable bonds is 6. The first kappa shape index (κ1) is 13.4. The van der Waals surface area contributed by atoms with Gasteiger partial charge in [-0.05, 0) is 54.7 Å². The molecule has 20 heavy (non-hydrogen) atoms. The molecule has 2 N–H and O–H groups in total. The molecule has 5 nitrogen and oxygen atoms in total. The van der Waals surface area contributed by atoms with Gasteiger partial charge in [0.1, 0.15) is 5.82 Å². The normalized spacial score (nSPS) is 19.4. The van der Waals surface area contributed by atoms with E-state index in [4.69, 9.17) is 4.74 Å². The molecular weight excluding hydrogens is 254 g/mol. The number of pyridine rings is 1. The van der Waals surface area contributed by atoms with Gasteiger partial charge in [0.15, 0.2) is 0 Å². The minimum absolute atomic E-state index is 0.168. The zero-order chi connectivity index (χ0) is 14.0. The first-order valence-electron chi connectivity index (χ1n) is 7.21. The molecule has 2 saturated carbocycles. The monoisotopic (exact) mass is 275 g/mol. The number of nitrogens with zero attached hydrogens (tertiary/aromatic N) is 1. The molecule has 1 aromatic rings. The summed E-state index contributed by atoms with van der Waals surface area (Å²) in [5.41, 5.74) is 1.41. The lowest BCUT2D eigenvalue weighted by Gasteiger charge is -2.15. The van der Waals surface area contributed by atoms with Gasteiger partial charge in [-0.3, -0.25) is 5.32 Å². The maximum absolute atomic E-state index is 11.9. The fourth-order valence-electron chi connectivity index (χ4n) is 2.80. The van der Waals surface area contributed by atoms with Crippen molar-refractivity contribution in [3.63, 3.8) is 0 Å². The second-order valence-electron chi connectivity index (χ2n) is 5.93. The van der Waals surface area contributed by atoms with Crippen molar-refractivity contribution in [1.82, 2.24) is 10.3 Å². The van der Waals surface area contributed by atoms with Crippen molar-refractivity contribution in [2.75, 3.05) is 19.0 Å². The number of carbonyl (C=O) groups is 1. The number of carbonyl (C=O) groups excluding carboxylic acids is 1. The van der Waals surface area contributed by atoms with Gasteiger partial charge in [-0.15, -0.1) is 0 Å². The highest BCUT2D eigenvalue weighted by molar-refractivity contribution is 5.88. The van der Waals surface area contributed by atoms with Gasteiger partial charge < -0.3 is 10.1 Å². The number of anilines is 1. The quantitative estimate of drug-likeness (QED) is 0.838. The summed E-state index contributed by atoms with van der Waals surface area (Å²) in [5.74, 6) is 1.42. The highest BCUT2D eigenvalue weighted by Gasteiger charge is 2.53. The number of aromatic nitrogens is 1. The number of amides is 2. The fraction of sp³-hybridized carbons (Fsp3) is 0.600. The van der Waals surface area contributed by atoms with Crippen molar-refractivity contribution >= 4 is 11.8 Å². The zero-order valence-electron chi connectivity index (χ0n) is 11.8. The standard InChI is InChI=1S/C15H21N3O2/c1-20-9-11-4-7-16-13(8-11)18-14(19)17-10-15(5-6-15)12-2-3-12/h4,7-8,12H,2-3,5-6,9-10H2,1H3,(H2,16,17,18,19). The van der Waals surface area contributed by atoms with Gasteiger partial charge in [0.25, 0.3) is 0 Å². The summed E-state index contributed by atoms with van der Waals surface area (Å²) in [5, 5.41) is 5.77. The van der Waals surface area contributed by atoms with E-state index >= 15 is 0 Å². The van der Waals surface area contributed by atoms with Gasteiger partial charge in [-0.2, -0.15) is 0 Å². The Hall–Kier alpha value is -1.62. The van der Waals surface area contributed by atoms with Gasteiger partial charge >= 0.3 is 6.03 Å². The van der Waals surface area contributed by atoms with Crippen molar-refractivity contribution in [3.05, 3.63) is 23.9 Å². The van der Waals surface area contributed by atoms with Crippen molar-refractivity contribution in [2.45, 2.75) is 32.3 Å². The highest BCUT2D eigenvalue weighted by atomic mass is 16.5. The maximum atomic E-state index is 11.9. The Morgan fingerprint density at radius 2 is 2.30 bits per heavy atom. The lowest BCUT2D eigenvalue weighted by Crippen LogP contribution is -2.34. The van der Waals surface area contributed by atoms with Gasteiger partial charge in [-0.25, -0.2) is 9.78 Å². The second kappa shape index (κ2) is 5.40. The van der Waals surface area contributed by atoms with E-state index in [1.54, 1.807) is 13.3 Å². The molecule has 0 saturated heterocycles. The SMILES string of the molecule is COCc1ccnc(NC(=O)NCC2(C3CC3)CC2)c1. The van der Waals surface area contributed by atoms with Crippen LogP contribution in [0.25, 0.3) is 0 Å². The maximum Gasteiger partial charge on any atom is 0.320 e. The summed E-state index contributed by atoms with van der Waals surface area (Å²) >= 11 is 0. The van der Waals surface area contributed by atoms with Crippen LogP contribution in [0.15, 0.2) is 18.3 Å². The third kappa shape index (κ3) is 3.10. The second-order valence-corrected chi connectivity index (χ2v) is 5.93.